The number of hydrogen-bond donors (Lipinski definition) is 1. The van der Waals surface area contributed by atoms with Gasteiger partial charge >= 0.3 is 0 Å². The van der Waals surface area contributed by atoms with Gasteiger partial charge in [-0.2, -0.15) is 0 Å². The van der Waals surface area contributed by atoms with Crippen LogP contribution in [0, 0.1) is 0 Å². The predicted molar refractivity (Wildman–Crippen MR) is 61.3 cm³/mol. The van der Waals surface area contributed by atoms with Gasteiger partial charge in [0, 0.05) is 23.3 Å². The highest BCUT2D eigenvalue weighted by Gasteiger charge is 2.01. The molecule has 0 aromatic heterocycles. The van der Waals surface area contributed by atoms with E-state index in [2.05, 4.69) is 21.2 Å². The Morgan fingerprint density at radius 2 is 2.14 bits per heavy atom. The summed E-state index contributed by atoms with van der Waals surface area (Å²) in [6.45, 7) is 0.539. The normalized spacial score (nSPS) is 9.86. The van der Waals surface area contributed by atoms with Crippen LogP contribution < -0.4 is 5.32 Å². The Hall–Kier alpha value is -0.540. The number of carbonyl (C=O) groups is 1. The summed E-state index contributed by atoms with van der Waals surface area (Å²) in [4.78, 5) is 11.1. The molecule has 0 spiro atoms. The van der Waals surface area contributed by atoms with Crippen LogP contribution in [0.25, 0.3) is 0 Å². The van der Waals surface area contributed by atoms with Gasteiger partial charge in [0.2, 0.25) is 5.91 Å². The van der Waals surface area contributed by atoms with E-state index in [4.69, 9.17) is 11.6 Å². The molecule has 0 heterocycles. The number of halogens is 2. The first kappa shape index (κ1) is 11.5. The first-order valence-electron chi connectivity index (χ1n) is 4.30. The van der Waals surface area contributed by atoms with E-state index in [9.17, 15) is 4.79 Å². The summed E-state index contributed by atoms with van der Waals surface area (Å²) in [6, 6.07) is 7.79. The molecule has 0 bridgehead atoms. The number of rotatable bonds is 4. The minimum absolute atomic E-state index is 0.0178. The molecule has 1 rings (SSSR count). The third-order valence-electron chi connectivity index (χ3n) is 1.76. The molecule has 0 aliphatic rings. The molecule has 1 aromatic carbocycles. The molecule has 0 aliphatic carbocycles. The molecule has 1 aromatic rings. The van der Waals surface area contributed by atoms with Crippen LogP contribution in [0.4, 0.5) is 0 Å². The third kappa shape index (κ3) is 3.68. The first-order chi connectivity index (χ1) is 6.74. The lowest BCUT2D eigenvalue weighted by Gasteiger charge is -2.05. The van der Waals surface area contributed by atoms with Gasteiger partial charge in [-0.3, -0.25) is 4.79 Å². The summed E-state index contributed by atoms with van der Waals surface area (Å²) in [5, 5.41) is 2.79. The average Bonchev–Trinajstić information content (AvgIpc) is 2.17. The third-order valence-corrected chi connectivity index (χ3v) is 2.72. The molecule has 1 amide bonds. The van der Waals surface area contributed by atoms with E-state index in [0.29, 0.717) is 18.8 Å². The van der Waals surface area contributed by atoms with E-state index in [0.717, 1.165) is 10.0 Å². The number of amides is 1. The minimum atomic E-state index is -0.0178. The lowest BCUT2D eigenvalue weighted by molar-refractivity contribution is -0.120. The quantitative estimate of drug-likeness (QED) is 0.842. The van der Waals surface area contributed by atoms with Gasteiger partial charge in [0.05, 0.1) is 0 Å². The summed E-state index contributed by atoms with van der Waals surface area (Å²) >= 11 is 8.85. The summed E-state index contributed by atoms with van der Waals surface area (Å²) in [5.74, 6) is 0.345. The maximum absolute atomic E-state index is 11.1. The predicted octanol–water partition coefficient (Wildman–Crippen LogP) is 2.69. The van der Waals surface area contributed by atoms with Crippen molar-refractivity contribution in [3.63, 3.8) is 0 Å². The standard InChI is InChI=1S/C10H11BrClNO/c11-9-4-2-1-3-8(9)7-13-10(14)5-6-12/h1-4H,5-7H2,(H,13,14). The zero-order valence-corrected chi connectivity index (χ0v) is 9.94. The van der Waals surface area contributed by atoms with E-state index in [1.165, 1.54) is 0 Å². The van der Waals surface area contributed by atoms with E-state index >= 15 is 0 Å². The van der Waals surface area contributed by atoms with Crippen LogP contribution in [0.5, 0.6) is 0 Å². The van der Waals surface area contributed by atoms with Gasteiger partial charge in [0.15, 0.2) is 0 Å². The maximum atomic E-state index is 11.1. The fraction of sp³-hybridized carbons (Fsp3) is 0.300. The van der Waals surface area contributed by atoms with Gasteiger partial charge in [-0.05, 0) is 11.6 Å². The molecule has 2 nitrogen and oxygen atoms in total. The van der Waals surface area contributed by atoms with E-state index < -0.39 is 0 Å². The lowest BCUT2D eigenvalue weighted by atomic mass is 10.2. The van der Waals surface area contributed by atoms with E-state index in [-0.39, 0.29) is 5.91 Å². The molecule has 0 saturated heterocycles. The van der Waals surface area contributed by atoms with Crippen LogP contribution >= 0.6 is 27.5 Å². The monoisotopic (exact) mass is 275 g/mol. The molecule has 14 heavy (non-hydrogen) atoms. The smallest absolute Gasteiger partial charge is 0.221 e. The van der Waals surface area contributed by atoms with Gasteiger partial charge < -0.3 is 5.32 Å². The average molecular weight is 277 g/mol. The van der Waals surface area contributed by atoms with E-state index in [1.54, 1.807) is 0 Å². The number of benzene rings is 1. The molecule has 0 unspecified atom stereocenters. The molecule has 0 atom stereocenters. The topological polar surface area (TPSA) is 29.1 Å². The van der Waals surface area contributed by atoms with Crippen molar-refractivity contribution in [3.8, 4) is 0 Å². The van der Waals surface area contributed by atoms with Crippen LogP contribution in [0.1, 0.15) is 12.0 Å². The highest BCUT2D eigenvalue weighted by molar-refractivity contribution is 9.10. The molecule has 76 valence electrons. The Morgan fingerprint density at radius 1 is 1.43 bits per heavy atom. The first-order valence-corrected chi connectivity index (χ1v) is 5.63. The highest BCUT2D eigenvalue weighted by Crippen LogP contribution is 2.15. The number of alkyl halides is 1. The van der Waals surface area contributed by atoms with Crippen molar-refractivity contribution in [1.29, 1.82) is 0 Å². The second-order valence-electron chi connectivity index (χ2n) is 2.81. The van der Waals surface area contributed by atoms with Crippen molar-refractivity contribution >= 4 is 33.4 Å². The molecule has 4 heteroatoms. The Labute approximate surface area is 96.8 Å². The van der Waals surface area contributed by atoms with Gasteiger partial charge in [-0.25, -0.2) is 0 Å². The fourth-order valence-electron chi connectivity index (χ4n) is 1.01. The van der Waals surface area contributed by atoms with Crippen molar-refractivity contribution in [2.75, 3.05) is 5.88 Å². The SMILES string of the molecule is O=C(CCCl)NCc1ccccc1Br. The number of nitrogens with one attached hydrogen (secondary N) is 1. The summed E-state index contributed by atoms with van der Waals surface area (Å²) in [5.41, 5.74) is 1.07. The highest BCUT2D eigenvalue weighted by atomic mass is 79.9. The maximum Gasteiger partial charge on any atom is 0.221 e. The van der Waals surface area contributed by atoms with Crippen molar-refractivity contribution < 1.29 is 4.79 Å². The molecule has 0 fully saturated rings. The van der Waals surface area contributed by atoms with Crippen LogP contribution in [0.15, 0.2) is 28.7 Å². The van der Waals surface area contributed by atoms with Crippen LogP contribution in [-0.4, -0.2) is 11.8 Å². The number of carbonyl (C=O) groups excluding carboxylic acids is 1. The Bertz CT molecular complexity index is 317. The molecule has 0 radical (unpaired) electrons. The summed E-state index contributed by atoms with van der Waals surface area (Å²) in [7, 11) is 0. The van der Waals surface area contributed by atoms with E-state index in [1.807, 2.05) is 24.3 Å². The molecular formula is C10H11BrClNO. The minimum Gasteiger partial charge on any atom is -0.352 e. The van der Waals surface area contributed by atoms with Crippen LogP contribution in [-0.2, 0) is 11.3 Å². The van der Waals surface area contributed by atoms with Crippen molar-refractivity contribution in [2.45, 2.75) is 13.0 Å². The zero-order chi connectivity index (χ0) is 10.4. The Kier molecular flexibility index (Phi) is 4.98. The van der Waals surface area contributed by atoms with Crippen molar-refractivity contribution in [1.82, 2.24) is 5.32 Å². The van der Waals surface area contributed by atoms with Crippen LogP contribution in [0.3, 0.4) is 0 Å². The molecule has 1 N–H and O–H groups in total. The van der Waals surface area contributed by atoms with Crippen molar-refractivity contribution in [3.05, 3.63) is 34.3 Å². The van der Waals surface area contributed by atoms with Gasteiger partial charge in [0.25, 0.3) is 0 Å². The molecule has 0 saturated carbocycles. The summed E-state index contributed by atoms with van der Waals surface area (Å²) in [6.07, 6.45) is 0.367. The second-order valence-corrected chi connectivity index (χ2v) is 4.04. The van der Waals surface area contributed by atoms with Crippen molar-refractivity contribution in [2.24, 2.45) is 0 Å². The largest absolute Gasteiger partial charge is 0.352 e. The van der Waals surface area contributed by atoms with Gasteiger partial charge in [0.1, 0.15) is 0 Å². The Morgan fingerprint density at radius 3 is 2.79 bits per heavy atom. The second kappa shape index (κ2) is 6.04. The summed E-state index contributed by atoms with van der Waals surface area (Å²) < 4.78 is 1.01. The lowest BCUT2D eigenvalue weighted by Crippen LogP contribution is -2.22. The van der Waals surface area contributed by atoms with Crippen LogP contribution in [0.2, 0.25) is 0 Å². The Balaban J connectivity index is 2.46. The fourth-order valence-corrected chi connectivity index (χ4v) is 1.61. The molecule has 0 aliphatic heterocycles. The zero-order valence-electron chi connectivity index (χ0n) is 7.59. The number of hydrogen-bond acceptors (Lipinski definition) is 1. The molecular weight excluding hydrogens is 265 g/mol. The van der Waals surface area contributed by atoms with Gasteiger partial charge in [-0.15, -0.1) is 11.6 Å². The van der Waals surface area contributed by atoms with Gasteiger partial charge in [-0.1, -0.05) is 34.1 Å².